The molecule has 0 saturated carbocycles. The summed E-state index contributed by atoms with van der Waals surface area (Å²) in [7, 11) is 3.26. The molecule has 0 fully saturated rings. The van der Waals surface area contributed by atoms with Crippen LogP contribution in [0.15, 0.2) is 65.7 Å². The van der Waals surface area contributed by atoms with Crippen LogP contribution in [-0.2, 0) is 20.1 Å². The second-order valence-electron chi connectivity index (χ2n) is 6.42. The monoisotopic (exact) mass is 393 g/mol. The Kier molecular flexibility index (Phi) is 6.63. The van der Waals surface area contributed by atoms with E-state index in [9.17, 15) is 9.59 Å². The maximum absolute atomic E-state index is 12.8. The standard InChI is InChI=1S/C22H23N3O4/c1-25-14-11-18(26)20(29-15-16-7-4-3-5-8-16)19(25)21(27)23-13-10-17-9-6-12-24-22(17)28-2/h3-9,11-12,14H,10,13,15H2,1-2H3,(H,23,27). The van der Waals surface area contributed by atoms with Crippen LogP contribution in [0, 0.1) is 0 Å². The Bertz CT molecular complexity index is 1030. The lowest BCUT2D eigenvalue weighted by Crippen LogP contribution is -2.30. The maximum Gasteiger partial charge on any atom is 0.271 e. The lowest BCUT2D eigenvalue weighted by molar-refractivity contribution is 0.0939. The second-order valence-corrected chi connectivity index (χ2v) is 6.42. The minimum absolute atomic E-state index is 0.0373. The molecule has 0 unspecified atom stereocenters. The van der Waals surface area contributed by atoms with Crippen LogP contribution in [0.3, 0.4) is 0 Å². The first-order valence-electron chi connectivity index (χ1n) is 9.22. The van der Waals surface area contributed by atoms with Crippen molar-refractivity contribution in [3.8, 4) is 11.6 Å². The molecule has 7 nitrogen and oxygen atoms in total. The zero-order valence-corrected chi connectivity index (χ0v) is 16.4. The first-order chi connectivity index (χ1) is 14.1. The van der Waals surface area contributed by atoms with E-state index in [0.717, 1.165) is 11.1 Å². The number of rotatable bonds is 8. The van der Waals surface area contributed by atoms with Gasteiger partial charge in [-0.15, -0.1) is 0 Å². The highest BCUT2D eigenvalue weighted by Gasteiger charge is 2.19. The number of benzene rings is 1. The summed E-state index contributed by atoms with van der Waals surface area (Å²) >= 11 is 0. The smallest absolute Gasteiger partial charge is 0.271 e. The maximum atomic E-state index is 12.8. The summed E-state index contributed by atoms with van der Waals surface area (Å²) < 4.78 is 12.5. The van der Waals surface area contributed by atoms with Crippen LogP contribution in [0.25, 0.3) is 0 Å². The van der Waals surface area contributed by atoms with Gasteiger partial charge in [-0.1, -0.05) is 36.4 Å². The van der Waals surface area contributed by atoms with Crippen molar-refractivity contribution < 1.29 is 14.3 Å². The van der Waals surface area contributed by atoms with Gasteiger partial charge in [0, 0.05) is 37.6 Å². The molecule has 150 valence electrons. The number of hydrogen-bond acceptors (Lipinski definition) is 5. The van der Waals surface area contributed by atoms with Crippen molar-refractivity contribution in [2.45, 2.75) is 13.0 Å². The lowest BCUT2D eigenvalue weighted by atomic mass is 10.2. The number of methoxy groups -OCH3 is 1. The summed E-state index contributed by atoms with van der Waals surface area (Å²) in [6, 6.07) is 14.6. The topological polar surface area (TPSA) is 82.5 Å². The summed E-state index contributed by atoms with van der Waals surface area (Å²) in [5.74, 6) is 0.187. The normalized spacial score (nSPS) is 10.4. The zero-order valence-electron chi connectivity index (χ0n) is 16.4. The number of carbonyl (C=O) groups is 1. The van der Waals surface area contributed by atoms with E-state index in [4.69, 9.17) is 9.47 Å². The molecule has 1 N–H and O–H groups in total. The number of nitrogens with one attached hydrogen (secondary N) is 1. The fourth-order valence-electron chi connectivity index (χ4n) is 2.93. The number of nitrogens with zero attached hydrogens (tertiary/aromatic N) is 2. The van der Waals surface area contributed by atoms with Gasteiger partial charge in [0.1, 0.15) is 6.61 Å². The van der Waals surface area contributed by atoms with Gasteiger partial charge in [0.15, 0.2) is 11.4 Å². The first-order valence-corrected chi connectivity index (χ1v) is 9.22. The van der Waals surface area contributed by atoms with Crippen LogP contribution >= 0.6 is 0 Å². The van der Waals surface area contributed by atoms with Gasteiger partial charge in [-0.05, 0) is 18.1 Å². The quantitative estimate of drug-likeness (QED) is 0.635. The van der Waals surface area contributed by atoms with Crippen molar-refractivity contribution in [3.05, 3.63) is 88.0 Å². The largest absolute Gasteiger partial charge is 0.483 e. The van der Waals surface area contributed by atoms with Gasteiger partial charge in [-0.2, -0.15) is 0 Å². The minimum atomic E-state index is -0.379. The van der Waals surface area contributed by atoms with Gasteiger partial charge >= 0.3 is 0 Å². The third-order valence-electron chi connectivity index (χ3n) is 4.41. The molecule has 0 aliphatic carbocycles. The molecule has 7 heteroatoms. The van der Waals surface area contributed by atoms with Gasteiger partial charge in [-0.25, -0.2) is 4.98 Å². The molecule has 2 aromatic heterocycles. The molecule has 3 rings (SSSR count). The van der Waals surface area contributed by atoms with E-state index >= 15 is 0 Å². The highest BCUT2D eigenvalue weighted by atomic mass is 16.5. The van der Waals surface area contributed by atoms with Gasteiger partial charge < -0.3 is 19.4 Å². The Labute approximate surface area is 168 Å². The molecular weight excluding hydrogens is 370 g/mol. The van der Waals surface area contributed by atoms with Gasteiger partial charge in [-0.3, -0.25) is 9.59 Å². The minimum Gasteiger partial charge on any atom is -0.483 e. The van der Waals surface area contributed by atoms with Crippen LogP contribution in [0.4, 0.5) is 0 Å². The summed E-state index contributed by atoms with van der Waals surface area (Å²) in [6.07, 6.45) is 3.75. The third kappa shape index (κ3) is 5.01. The van der Waals surface area contributed by atoms with Crippen LogP contribution in [0.1, 0.15) is 21.6 Å². The van der Waals surface area contributed by atoms with Crippen LogP contribution in [0.5, 0.6) is 11.6 Å². The Morgan fingerprint density at radius 1 is 1.14 bits per heavy atom. The molecule has 0 spiro atoms. The fraction of sp³-hybridized carbons (Fsp3) is 0.227. The van der Waals surface area contributed by atoms with Gasteiger partial charge in [0.25, 0.3) is 5.91 Å². The SMILES string of the molecule is COc1ncccc1CCNC(=O)c1c(OCc2ccccc2)c(=O)ccn1C. The highest BCUT2D eigenvalue weighted by Crippen LogP contribution is 2.16. The Morgan fingerprint density at radius 3 is 2.69 bits per heavy atom. The average Bonchev–Trinajstić information content (AvgIpc) is 2.75. The van der Waals surface area contributed by atoms with Crippen LogP contribution < -0.4 is 20.2 Å². The van der Waals surface area contributed by atoms with Crippen molar-refractivity contribution in [1.29, 1.82) is 0 Å². The number of aryl methyl sites for hydroxylation is 1. The molecule has 1 aromatic carbocycles. The number of amides is 1. The Morgan fingerprint density at radius 2 is 1.93 bits per heavy atom. The molecule has 0 aliphatic heterocycles. The van der Waals surface area contributed by atoms with Crippen molar-refractivity contribution in [3.63, 3.8) is 0 Å². The number of carbonyl (C=O) groups excluding carboxylic acids is 1. The van der Waals surface area contributed by atoms with Crippen molar-refractivity contribution >= 4 is 5.91 Å². The van der Waals surface area contributed by atoms with Crippen molar-refractivity contribution in [1.82, 2.24) is 14.9 Å². The Hall–Kier alpha value is -3.61. The van der Waals surface area contributed by atoms with Gasteiger partial charge in [0.2, 0.25) is 11.3 Å². The van der Waals surface area contributed by atoms with Crippen molar-refractivity contribution in [2.75, 3.05) is 13.7 Å². The molecule has 1 amide bonds. The molecule has 0 aliphatic rings. The molecule has 0 saturated heterocycles. The number of aromatic nitrogens is 2. The number of ether oxygens (including phenoxy) is 2. The molecule has 0 bridgehead atoms. The third-order valence-corrected chi connectivity index (χ3v) is 4.41. The van der Waals surface area contributed by atoms with E-state index < -0.39 is 0 Å². The van der Waals surface area contributed by atoms with E-state index in [1.165, 1.54) is 6.07 Å². The van der Waals surface area contributed by atoms with Crippen LogP contribution in [-0.4, -0.2) is 29.1 Å². The summed E-state index contributed by atoms with van der Waals surface area (Å²) in [5.41, 5.74) is 1.65. The zero-order chi connectivity index (χ0) is 20.6. The average molecular weight is 393 g/mol. The predicted molar refractivity (Wildman–Crippen MR) is 109 cm³/mol. The van der Waals surface area contributed by atoms with Crippen molar-refractivity contribution in [2.24, 2.45) is 7.05 Å². The molecular formula is C22H23N3O4. The molecule has 3 aromatic rings. The lowest BCUT2D eigenvalue weighted by Gasteiger charge is -2.15. The summed E-state index contributed by atoms with van der Waals surface area (Å²) in [6.45, 7) is 0.565. The number of hydrogen-bond donors (Lipinski definition) is 1. The van der Waals surface area contributed by atoms with E-state index in [-0.39, 0.29) is 29.4 Å². The fourth-order valence-corrected chi connectivity index (χ4v) is 2.93. The highest BCUT2D eigenvalue weighted by molar-refractivity contribution is 5.95. The Balaban J connectivity index is 1.72. The molecule has 0 atom stereocenters. The van der Waals surface area contributed by atoms with E-state index in [0.29, 0.717) is 18.8 Å². The summed E-state index contributed by atoms with van der Waals surface area (Å²) in [4.78, 5) is 29.3. The first kappa shape index (κ1) is 20.1. The predicted octanol–water partition coefficient (Wildman–Crippen LogP) is 2.34. The van der Waals surface area contributed by atoms with E-state index in [2.05, 4.69) is 10.3 Å². The molecule has 2 heterocycles. The van der Waals surface area contributed by atoms with Gasteiger partial charge in [0.05, 0.1) is 7.11 Å². The second kappa shape index (κ2) is 9.54. The van der Waals surface area contributed by atoms with E-state index in [1.807, 2.05) is 42.5 Å². The summed E-state index contributed by atoms with van der Waals surface area (Å²) in [5, 5.41) is 2.84. The number of pyridine rings is 2. The van der Waals surface area contributed by atoms with Crippen LogP contribution in [0.2, 0.25) is 0 Å². The molecule has 0 radical (unpaired) electrons. The van der Waals surface area contributed by atoms with E-state index in [1.54, 1.807) is 31.1 Å². The molecule has 29 heavy (non-hydrogen) atoms.